The van der Waals surface area contributed by atoms with Gasteiger partial charge in [0.2, 0.25) is 0 Å². The molecule has 22 heavy (non-hydrogen) atoms. The molecule has 1 aromatic heterocycles. The Morgan fingerprint density at radius 3 is 2.45 bits per heavy atom. The highest BCUT2D eigenvalue weighted by molar-refractivity contribution is 6.04. The van der Waals surface area contributed by atoms with Crippen molar-refractivity contribution in [2.24, 2.45) is 0 Å². The van der Waals surface area contributed by atoms with E-state index in [0.717, 1.165) is 17.7 Å². The highest BCUT2D eigenvalue weighted by Crippen LogP contribution is 2.17. The molecule has 1 amide bonds. The molecule has 0 aliphatic rings. The molecule has 0 fully saturated rings. The van der Waals surface area contributed by atoms with Gasteiger partial charge in [-0.15, -0.1) is 0 Å². The van der Waals surface area contributed by atoms with Crippen molar-refractivity contribution in [1.29, 1.82) is 0 Å². The summed E-state index contributed by atoms with van der Waals surface area (Å²) in [5.74, 6) is -1.67. The molecule has 1 heterocycles. The minimum atomic E-state index is -1.01. The largest absolute Gasteiger partial charge is 0.345 e. The van der Waals surface area contributed by atoms with Crippen LogP contribution in [0.4, 0.5) is 14.5 Å². The third-order valence-electron chi connectivity index (χ3n) is 3.10. The summed E-state index contributed by atoms with van der Waals surface area (Å²) in [4.78, 5) is 19.1. The molecule has 0 radical (unpaired) electrons. The van der Waals surface area contributed by atoms with Gasteiger partial charge in [0.05, 0.1) is 0 Å². The highest BCUT2D eigenvalue weighted by atomic mass is 19.2. The minimum Gasteiger partial charge on any atom is -0.345 e. The summed E-state index contributed by atoms with van der Waals surface area (Å²) >= 11 is 0. The first-order valence-electron chi connectivity index (χ1n) is 6.50. The van der Waals surface area contributed by atoms with Crippen molar-refractivity contribution in [1.82, 2.24) is 9.97 Å². The second kappa shape index (κ2) is 5.77. The van der Waals surface area contributed by atoms with Gasteiger partial charge in [-0.25, -0.2) is 13.8 Å². The van der Waals surface area contributed by atoms with Crippen LogP contribution in [0.5, 0.6) is 0 Å². The van der Waals surface area contributed by atoms with Crippen LogP contribution in [-0.4, -0.2) is 15.9 Å². The lowest BCUT2D eigenvalue weighted by molar-refractivity contribution is 0.102. The van der Waals surface area contributed by atoms with E-state index < -0.39 is 17.5 Å². The molecule has 6 heteroatoms. The number of rotatable bonds is 3. The maximum Gasteiger partial charge on any atom is 0.255 e. The number of nitrogens with zero attached hydrogens (tertiary/aromatic N) is 1. The van der Waals surface area contributed by atoms with Gasteiger partial charge in [-0.3, -0.25) is 4.79 Å². The number of carbonyl (C=O) groups excluding carboxylic acids is 1. The van der Waals surface area contributed by atoms with Crippen LogP contribution in [0.3, 0.4) is 0 Å². The van der Waals surface area contributed by atoms with E-state index in [1.807, 2.05) is 0 Å². The van der Waals surface area contributed by atoms with E-state index in [0.29, 0.717) is 11.4 Å². The molecule has 0 saturated carbocycles. The zero-order valence-electron chi connectivity index (χ0n) is 11.3. The lowest BCUT2D eigenvalue weighted by atomic mass is 10.1. The maximum absolute atomic E-state index is 13.1. The SMILES string of the molecule is O=C(Nc1ccc(F)c(F)c1)c1ccc(-c2ncc[nH]2)cc1. The van der Waals surface area contributed by atoms with Crippen LogP contribution < -0.4 is 5.32 Å². The Labute approximate surface area is 124 Å². The molecule has 2 aromatic carbocycles. The topological polar surface area (TPSA) is 57.8 Å². The number of aromatic nitrogens is 2. The van der Waals surface area contributed by atoms with Crippen LogP contribution in [-0.2, 0) is 0 Å². The standard InChI is InChI=1S/C16H11F2N3O/c17-13-6-5-12(9-14(13)18)21-16(22)11-3-1-10(2-4-11)15-19-7-8-20-15/h1-9H,(H,19,20)(H,21,22). The molecule has 0 bridgehead atoms. The van der Waals surface area contributed by atoms with Crippen molar-refractivity contribution >= 4 is 11.6 Å². The summed E-state index contributed by atoms with van der Waals surface area (Å²) in [5, 5.41) is 2.51. The predicted octanol–water partition coefficient (Wildman–Crippen LogP) is 3.61. The Hall–Kier alpha value is -3.02. The molecule has 2 N–H and O–H groups in total. The van der Waals surface area contributed by atoms with Crippen molar-refractivity contribution in [3.05, 3.63) is 72.1 Å². The number of carbonyl (C=O) groups is 1. The third kappa shape index (κ3) is 2.85. The van der Waals surface area contributed by atoms with Crippen LogP contribution in [0.2, 0.25) is 0 Å². The van der Waals surface area contributed by atoms with Crippen LogP contribution in [0.15, 0.2) is 54.9 Å². The number of halogens is 2. The number of imidazole rings is 1. The highest BCUT2D eigenvalue weighted by Gasteiger charge is 2.09. The Balaban J connectivity index is 1.76. The molecule has 3 aromatic rings. The summed E-state index contributed by atoms with van der Waals surface area (Å²) in [5.41, 5.74) is 1.44. The monoisotopic (exact) mass is 299 g/mol. The molecule has 0 saturated heterocycles. The van der Waals surface area contributed by atoms with Crippen LogP contribution >= 0.6 is 0 Å². The minimum absolute atomic E-state index is 0.194. The van der Waals surface area contributed by atoms with Crippen molar-refractivity contribution in [3.63, 3.8) is 0 Å². The first-order chi connectivity index (χ1) is 10.6. The quantitative estimate of drug-likeness (QED) is 0.776. The van der Waals surface area contributed by atoms with Crippen molar-refractivity contribution in [2.45, 2.75) is 0 Å². The molecule has 0 aliphatic carbocycles. The fourth-order valence-corrected chi connectivity index (χ4v) is 1.98. The smallest absolute Gasteiger partial charge is 0.255 e. The van der Waals surface area contributed by atoms with Gasteiger partial charge in [0.15, 0.2) is 11.6 Å². The molecule has 0 spiro atoms. The fourth-order valence-electron chi connectivity index (χ4n) is 1.98. The average molecular weight is 299 g/mol. The number of H-pyrrole nitrogens is 1. The molecule has 110 valence electrons. The maximum atomic E-state index is 13.1. The summed E-state index contributed by atoms with van der Waals surface area (Å²) < 4.78 is 25.9. The van der Waals surface area contributed by atoms with Crippen molar-refractivity contribution in [3.8, 4) is 11.4 Å². The molecule has 0 atom stereocenters. The first-order valence-corrected chi connectivity index (χ1v) is 6.50. The number of hydrogen-bond donors (Lipinski definition) is 2. The first kappa shape index (κ1) is 13.9. The van der Waals surface area contributed by atoms with Crippen LogP contribution in [0.1, 0.15) is 10.4 Å². The van der Waals surface area contributed by atoms with Gasteiger partial charge in [0.1, 0.15) is 5.82 Å². The fraction of sp³-hybridized carbons (Fsp3) is 0. The molecular weight excluding hydrogens is 288 g/mol. The molecular formula is C16H11F2N3O. The number of anilines is 1. The van der Waals surface area contributed by atoms with Gasteiger partial charge in [0, 0.05) is 35.3 Å². The zero-order valence-corrected chi connectivity index (χ0v) is 11.3. The van der Waals surface area contributed by atoms with Crippen LogP contribution in [0, 0.1) is 11.6 Å². The number of benzene rings is 2. The normalized spacial score (nSPS) is 10.5. The molecule has 0 unspecified atom stereocenters. The van der Waals surface area contributed by atoms with E-state index in [1.54, 1.807) is 36.7 Å². The molecule has 4 nitrogen and oxygen atoms in total. The zero-order chi connectivity index (χ0) is 15.5. The molecule has 3 rings (SSSR count). The average Bonchev–Trinajstić information content (AvgIpc) is 3.05. The summed E-state index contributed by atoms with van der Waals surface area (Å²) in [6.07, 6.45) is 3.35. The van der Waals surface area contributed by atoms with E-state index in [9.17, 15) is 13.6 Å². The van der Waals surface area contributed by atoms with Crippen molar-refractivity contribution in [2.75, 3.05) is 5.32 Å². The van der Waals surface area contributed by atoms with Gasteiger partial charge in [0.25, 0.3) is 5.91 Å². The Morgan fingerprint density at radius 1 is 1.05 bits per heavy atom. The Morgan fingerprint density at radius 2 is 1.82 bits per heavy atom. The number of hydrogen-bond acceptors (Lipinski definition) is 2. The van der Waals surface area contributed by atoms with E-state index in [1.165, 1.54) is 6.07 Å². The van der Waals surface area contributed by atoms with Crippen LogP contribution in [0.25, 0.3) is 11.4 Å². The third-order valence-corrected chi connectivity index (χ3v) is 3.10. The Bertz CT molecular complexity index is 799. The summed E-state index contributed by atoms with van der Waals surface area (Å²) in [6, 6.07) is 9.96. The number of nitrogens with one attached hydrogen (secondary N) is 2. The van der Waals surface area contributed by atoms with Gasteiger partial charge < -0.3 is 10.3 Å². The number of aromatic amines is 1. The Kier molecular flexibility index (Phi) is 3.65. The molecule has 0 aliphatic heterocycles. The lowest BCUT2D eigenvalue weighted by Gasteiger charge is -2.06. The van der Waals surface area contributed by atoms with E-state index >= 15 is 0 Å². The van der Waals surface area contributed by atoms with Gasteiger partial charge >= 0.3 is 0 Å². The van der Waals surface area contributed by atoms with E-state index in [-0.39, 0.29) is 5.69 Å². The van der Waals surface area contributed by atoms with Crippen molar-refractivity contribution < 1.29 is 13.6 Å². The second-order valence-electron chi connectivity index (χ2n) is 4.60. The second-order valence-corrected chi connectivity index (χ2v) is 4.60. The summed E-state index contributed by atoms with van der Waals surface area (Å²) in [7, 11) is 0. The van der Waals surface area contributed by atoms with Gasteiger partial charge in [-0.05, 0) is 24.3 Å². The van der Waals surface area contributed by atoms with E-state index in [2.05, 4.69) is 15.3 Å². The van der Waals surface area contributed by atoms with Gasteiger partial charge in [-0.2, -0.15) is 0 Å². The summed E-state index contributed by atoms with van der Waals surface area (Å²) in [6.45, 7) is 0. The van der Waals surface area contributed by atoms with Gasteiger partial charge in [-0.1, -0.05) is 12.1 Å². The number of amides is 1. The predicted molar refractivity (Wildman–Crippen MR) is 78.3 cm³/mol. The lowest BCUT2D eigenvalue weighted by Crippen LogP contribution is -2.12. The van der Waals surface area contributed by atoms with E-state index in [4.69, 9.17) is 0 Å².